The molecule has 0 saturated carbocycles. The Balaban J connectivity index is 1.59. The van der Waals surface area contributed by atoms with E-state index in [4.69, 9.17) is 11.6 Å². The van der Waals surface area contributed by atoms with E-state index in [1.54, 1.807) is 18.2 Å². The molecule has 0 radical (unpaired) electrons. The van der Waals surface area contributed by atoms with Crippen LogP contribution in [-0.2, 0) is 9.59 Å². The van der Waals surface area contributed by atoms with Crippen LogP contribution in [0.15, 0.2) is 47.8 Å². The highest BCUT2D eigenvalue weighted by molar-refractivity contribution is 7.17. The maximum absolute atomic E-state index is 12.0. The molecule has 0 spiro atoms. The number of nitrogens with one attached hydrogen (secondary N) is 2. The molecule has 0 aliphatic rings. The molecule has 3 N–H and O–H groups in total. The minimum atomic E-state index is -0.892. The molecule has 3 aromatic rings. The third-order valence-electron chi connectivity index (χ3n) is 3.96. The second kappa shape index (κ2) is 7.86. The fraction of sp³-hybridized carbons (Fsp3) is 0.158. The lowest BCUT2D eigenvalue weighted by atomic mass is 10.1. The van der Waals surface area contributed by atoms with Gasteiger partial charge in [0.15, 0.2) is 0 Å². The summed E-state index contributed by atoms with van der Waals surface area (Å²) in [5.41, 5.74) is 2.04. The fourth-order valence-corrected chi connectivity index (χ4v) is 3.68. The van der Waals surface area contributed by atoms with Crippen LogP contribution < -0.4 is 10.6 Å². The Hall–Kier alpha value is -2.41. The van der Waals surface area contributed by atoms with Gasteiger partial charge in [0.25, 0.3) is 0 Å². The second-order valence-electron chi connectivity index (χ2n) is 5.83. The van der Waals surface area contributed by atoms with E-state index in [1.807, 2.05) is 36.6 Å². The van der Waals surface area contributed by atoms with Gasteiger partial charge in [-0.3, -0.25) is 9.59 Å². The van der Waals surface area contributed by atoms with Gasteiger partial charge in [0.1, 0.15) is 0 Å². The van der Waals surface area contributed by atoms with E-state index in [2.05, 4.69) is 10.6 Å². The zero-order valence-electron chi connectivity index (χ0n) is 14.0. The molecule has 134 valence electrons. The molecular formula is C19H17ClN2O3S. The van der Waals surface area contributed by atoms with Crippen LogP contribution in [0.4, 0.5) is 5.69 Å². The van der Waals surface area contributed by atoms with Crippen LogP contribution in [0.5, 0.6) is 0 Å². The van der Waals surface area contributed by atoms with Gasteiger partial charge in [-0.05, 0) is 41.5 Å². The molecule has 2 aromatic carbocycles. The summed E-state index contributed by atoms with van der Waals surface area (Å²) in [6.07, 6.45) is -0.892. The quantitative estimate of drug-likeness (QED) is 0.597. The number of fused-ring (bicyclic) bond motifs is 1. The van der Waals surface area contributed by atoms with Gasteiger partial charge >= 0.3 is 11.8 Å². The molecule has 1 aromatic heterocycles. The summed E-state index contributed by atoms with van der Waals surface area (Å²) in [6, 6.07) is 12.7. The summed E-state index contributed by atoms with van der Waals surface area (Å²) in [5.74, 6) is -1.63. The number of benzene rings is 2. The summed E-state index contributed by atoms with van der Waals surface area (Å²) in [7, 11) is 0. The van der Waals surface area contributed by atoms with Crippen molar-refractivity contribution in [2.75, 3.05) is 11.9 Å². The molecule has 26 heavy (non-hydrogen) atoms. The number of hydrogen-bond donors (Lipinski definition) is 3. The summed E-state index contributed by atoms with van der Waals surface area (Å²) in [5, 5.41) is 18.6. The molecule has 0 fully saturated rings. The van der Waals surface area contributed by atoms with Crippen molar-refractivity contribution in [2.45, 2.75) is 13.0 Å². The van der Waals surface area contributed by atoms with Gasteiger partial charge in [-0.25, -0.2) is 0 Å². The van der Waals surface area contributed by atoms with Crippen LogP contribution in [0.3, 0.4) is 0 Å². The number of hydrogen-bond acceptors (Lipinski definition) is 4. The number of aryl methyl sites for hydroxylation is 1. The molecule has 0 bridgehead atoms. The van der Waals surface area contributed by atoms with Crippen molar-refractivity contribution < 1.29 is 14.7 Å². The van der Waals surface area contributed by atoms with Crippen LogP contribution in [0.25, 0.3) is 10.1 Å². The van der Waals surface area contributed by atoms with Crippen LogP contribution in [0.2, 0.25) is 5.02 Å². The lowest BCUT2D eigenvalue weighted by molar-refractivity contribution is -0.136. The van der Waals surface area contributed by atoms with Crippen molar-refractivity contribution in [1.82, 2.24) is 5.32 Å². The maximum atomic E-state index is 12.0. The van der Waals surface area contributed by atoms with E-state index in [-0.39, 0.29) is 6.54 Å². The molecule has 7 heteroatoms. The Morgan fingerprint density at radius 1 is 1.19 bits per heavy atom. The van der Waals surface area contributed by atoms with Crippen LogP contribution in [-0.4, -0.2) is 23.5 Å². The summed E-state index contributed by atoms with van der Waals surface area (Å²) < 4.78 is 1.06. The third kappa shape index (κ3) is 4.04. The number of rotatable bonds is 4. The number of carbonyl (C=O) groups excluding carboxylic acids is 2. The standard InChI is InChI=1S/C19H17ClN2O3S/c1-11-6-7-12(8-15(11)20)22-19(25)18(24)21-9-16(23)14-10-26-17-5-3-2-4-13(14)17/h2-8,10,16,23H,9H2,1H3,(H,21,24)(H,22,25)/t16-/m0/s1. The zero-order chi connectivity index (χ0) is 18.7. The molecular weight excluding hydrogens is 372 g/mol. The first-order chi connectivity index (χ1) is 12.5. The van der Waals surface area contributed by atoms with Gasteiger partial charge in [0.2, 0.25) is 0 Å². The summed E-state index contributed by atoms with van der Waals surface area (Å²) >= 11 is 7.52. The van der Waals surface area contributed by atoms with Gasteiger partial charge in [0, 0.05) is 27.5 Å². The molecule has 0 saturated heterocycles. The first kappa shape index (κ1) is 18.4. The minimum Gasteiger partial charge on any atom is -0.387 e. The predicted molar refractivity (Wildman–Crippen MR) is 105 cm³/mol. The summed E-state index contributed by atoms with van der Waals surface area (Å²) in [6.45, 7) is 1.79. The van der Waals surface area contributed by atoms with E-state index in [9.17, 15) is 14.7 Å². The number of amides is 2. The number of anilines is 1. The van der Waals surface area contributed by atoms with Gasteiger partial charge in [-0.15, -0.1) is 11.3 Å². The Morgan fingerprint density at radius 2 is 1.96 bits per heavy atom. The average Bonchev–Trinajstić information content (AvgIpc) is 3.06. The van der Waals surface area contributed by atoms with Crippen LogP contribution >= 0.6 is 22.9 Å². The van der Waals surface area contributed by atoms with E-state index < -0.39 is 17.9 Å². The number of thiophene rings is 1. The van der Waals surface area contributed by atoms with Crippen molar-refractivity contribution in [2.24, 2.45) is 0 Å². The third-order valence-corrected chi connectivity index (χ3v) is 5.35. The highest BCUT2D eigenvalue weighted by atomic mass is 35.5. The lowest BCUT2D eigenvalue weighted by Gasteiger charge is -2.12. The maximum Gasteiger partial charge on any atom is 0.313 e. The monoisotopic (exact) mass is 388 g/mol. The zero-order valence-corrected chi connectivity index (χ0v) is 15.5. The SMILES string of the molecule is Cc1ccc(NC(=O)C(=O)NC[C@H](O)c2csc3ccccc23)cc1Cl. The van der Waals surface area contributed by atoms with Gasteiger partial charge in [0.05, 0.1) is 6.10 Å². The first-order valence-corrected chi connectivity index (χ1v) is 9.21. The highest BCUT2D eigenvalue weighted by Gasteiger charge is 2.18. The van der Waals surface area contributed by atoms with E-state index >= 15 is 0 Å². The van der Waals surface area contributed by atoms with Crippen LogP contribution in [0.1, 0.15) is 17.2 Å². The number of aliphatic hydroxyl groups is 1. The second-order valence-corrected chi connectivity index (χ2v) is 7.15. The van der Waals surface area contributed by atoms with Gasteiger partial charge in [-0.1, -0.05) is 35.9 Å². The van der Waals surface area contributed by atoms with Gasteiger partial charge in [-0.2, -0.15) is 0 Å². The first-order valence-electron chi connectivity index (χ1n) is 7.95. The Morgan fingerprint density at radius 3 is 2.73 bits per heavy atom. The van der Waals surface area contributed by atoms with Crippen LogP contribution in [0, 0.1) is 6.92 Å². The normalized spacial score (nSPS) is 12.0. The lowest BCUT2D eigenvalue weighted by Crippen LogP contribution is -2.37. The molecule has 1 heterocycles. The topological polar surface area (TPSA) is 78.4 Å². The predicted octanol–water partition coefficient (Wildman–Crippen LogP) is 3.65. The Bertz CT molecular complexity index is 970. The number of aliphatic hydroxyl groups excluding tert-OH is 1. The number of carbonyl (C=O) groups is 2. The summed E-state index contributed by atoms with van der Waals surface area (Å²) in [4.78, 5) is 23.9. The molecule has 0 aliphatic heterocycles. The molecule has 0 aliphatic carbocycles. The van der Waals surface area contributed by atoms with E-state index in [1.165, 1.54) is 11.3 Å². The van der Waals surface area contributed by atoms with Crippen molar-refractivity contribution in [3.05, 3.63) is 64.0 Å². The molecule has 5 nitrogen and oxygen atoms in total. The van der Waals surface area contributed by atoms with Gasteiger partial charge < -0.3 is 15.7 Å². The average molecular weight is 389 g/mol. The van der Waals surface area contributed by atoms with E-state index in [0.29, 0.717) is 10.7 Å². The number of halogens is 1. The molecule has 0 unspecified atom stereocenters. The van der Waals surface area contributed by atoms with Crippen molar-refractivity contribution in [1.29, 1.82) is 0 Å². The Labute approximate surface area is 159 Å². The Kier molecular flexibility index (Phi) is 5.56. The van der Waals surface area contributed by atoms with E-state index in [0.717, 1.165) is 21.2 Å². The molecule has 3 rings (SSSR count). The smallest absolute Gasteiger partial charge is 0.313 e. The van der Waals surface area contributed by atoms with Crippen molar-refractivity contribution in [3.63, 3.8) is 0 Å². The highest BCUT2D eigenvalue weighted by Crippen LogP contribution is 2.29. The molecule has 2 amide bonds. The van der Waals surface area contributed by atoms with Crippen molar-refractivity contribution >= 4 is 50.5 Å². The van der Waals surface area contributed by atoms with Crippen molar-refractivity contribution in [3.8, 4) is 0 Å². The molecule has 1 atom stereocenters. The fourth-order valence-electron chi connectivity index (χ4n) is 2.49. The minimum absolute atomic E-state index is 0.0539. The largest absolute Gasteiger partial charge is 0.387 e.